The molecule has 22 heavy (non-hydrogen) atoms. The third-order valence-corrected chi connectivity index (χ3v) is 3.55. The molecule has 7 nitrogen and oxygen atoms in total. The van der Waals surface area contributed by atoms with E-state index in [1.54, 1.807) is 29.4 Å². The first-order valence-corrected chi connectivity index (χ1v) is 7.27. The second-order valence-electron chi connectivity index (χ2n) is 4.89. The summed E-state index contributed by atoms with van der Waals surface area (Å²) in [5, 5.41) is 6.87. The standard InChI is InChI=1S/C15H18N4O3/c1-2-22-14-11(4-3-6-16-14)15(20)19-8-9-21-10-13(19)12-5-7-17-18-12/h3-7,13H,2,8-10H2,1H3,(H,17,18)/t13-/m1/s1. The molecule has 116 valence electrons. The van der Waals surface area contributed by atoms with E-state index in [4.69, 9.17) is 9.47 Å². The topological polar surface area (TPSA) is 80.3 Å². The molecule has 2 aromatic heterocycles. The van der Waals surface area contributed by atoms with Crippen molar-refractivity contribution in [2.24, 2.45) is 0 Å². The quantitative estimate of drug-likeness (QED) is 0.924. The number of H-pyrrole nitrogens is 1. The summed E-state index contributed by atoms with van der Waals surface area (Å²) in [5.74, 6) is 0.254. The van der Waals surface area contributed by atoms with Gasteiger partial charge in [0.15, 0.2) is 0 Å². The second kappa shape index (κ2) is 6.57. The SMILES string of the molecule is CCOc1ncccc1C(=O)N1CCOC[C@@H]1c1ccn[nH]1. The molecule has 0 radical (unpaired) electrons. The lowest BCUT2D eigenvalue weighted by atomic mass is 10.1. The van der Waals surface area contributed by atoms with E-state index in [1.807, 2.05) is 13.0 Å². The van der Waals surface area contributed by atoms with Gasteiger partial charge in [-0.15, -0.1) is 0 Å². The number of aromatic amines is 1. The van der Waals surface area contributed by atoms with Gasteiger partial charge in [-0.05, 0) is 25.1 Å². The highest BCUT2D eigenvalue weighted by molar-refractivity contribution is 5.96. The third kappa shape index (κ3) is 2.80. The van der Waals surface area contributed by atoms with Crippen LogP contribution in [0.1, 0.15) is 29.0 Å². The number of nitrogens with zero attached hydrogens (tertiary/aromatic N) is 3. The fourth-order valence-electron chi connectivity index (χ4n) is 2.52. The Morgan fingerprint density at radius 3 is 3.18 bits per heavy atom. The largest absolute Gasteiger partial charge is 0.477 e. The third-order valence-electron chi connectivity index (χ3n) is 3.55. The fourth-order valence-corrected chi connectivity index (χ4v) is 2.52. The minimum atomic E-state index is -0.182. The lowest BCUT2D eigenvalue weighted by Gasteiger charge is -2.35. The Hall–Kier alpha value is -2.41. The maximum atomic E-state index is 12.9. The second-order valence-corrected chi connectivity index (χ2v) is 4.89. The van der Waals surface area contributed by atoms with Crippen LogP contribution in [0.15, 0.2) is 30.6 Å². The molecule has 1 N–H and O–H groups in total. The molecular formula is C15H18N4O3. The molecular weight excluding hydrogens is 284 g/mol. The van der Waals surface area contributed by atoms with E-state index in [0.717, 1.165) is 5.69 Å². The summed E-state index contributed by atoms with van der Waals surface area (Å²) in [6.45, 7) is 3.80. The van der Waals surface area contributed by atoms with Crippen molar-refractivity contribution in [1.82, 2.24) is 20.1 Å². The first-order chi connectivity index (χ1) is 10.8. The van der Waals surface area contributed by atoms with Gasteiger partial charge in [-0.25, -0.2) is 4.98 Å². The number of rotatable bonds is 4. The summed E-state index contributed by atoms with van der Waals surface area (Å²) in [6.07, 6.45) is 3.29. The Balaban J connectivity index is 1.89. The normalized spacial score (nSPS) is 18.2. The predicted octanol–water partition coefficient (Wildman–Crippen LogP) is 1.42. The molecule has 3 rings (SSSR count). The van der Waals surface area contributed by atoms with Gasteiger partial charge in [-0.1, -0.05) is 0 Å². The van der Waals surface area contributed by atoms with Crippen LogP contribution in [0.2, 0.25) is 0 Å². The summed E-state index contributed by atoms with van der Waals surface area (Å²) in [5.41, 5.74) is 1.32. The summed E-state index contributed by atoms with van der Waals surface area (Å²) in [6, 6.07) is 5.14. The van der Waals surface area contributed by atoms with Crippen molar-refractivity contribution >= 4 is 5.91 Å². The summed E-state index contributed by atoms with van der Waals surface area (Å²) in [4.78, 5) is 18.8. The fraction of sp³-hybridized carbons (Fsp3) is 0.400. The first-order valence-electron chi connectivity index (χ1n) is 7.27. The smallest absolute Gasteiger partial charge is 0.260 e. The highest BCUT2D eigenvalue weighted by Crippen LogP contribution is 2.26. The molecule has 7 heteroatoms. The molecule has 1 atom stereocenters. The van der Waals surface area contributed by atoms with Crippen molar-refractivity contribution in [2.75, 3.05) is 26.4 Å². The lowest BCUT2D eigenvalue weighted by molar-refractivity contribution is -0.00412. The number of hydrogen-bond donors (Lipinski definition) is 1. The Bertz CT molecular complexity index is 629. The Labute approximate surface area is 128 Å². The van der Waals surface area contributed by atoms with E-state index >= 15 is 0 Å². The first kappa shape index (κ1) is 14.5. The molecule has 0 aliphatic carbocycles. The van der Waals surface area contributed by atoms with Crippen LogP contribution in [0.3, 0.4) is 0 Å². The molecule has 0 aromatic carbocycles. The molecule has 1 fully saturated rings. The van der Waals surface area contributed by atoms with Crippen LogP contribution >= 0.6 is 0 Å². The van der Waals surface area contributed by atoms with Gasteiger partial charge < -0.3 is 14.4 Å². The van der Waals surface area contributed by atoms with Crippen LogP contribution in [-0.4, -0.2) is 52.4 Å². The van der Waals surface area contributed by atoms with Gasteiger partial charge in [-0.2, -0.15) is 5.10 Å². The summed E-state index contributed by atoms with van der Waals surface area (Å²) < 4.78 is 11.0. The molecule has 0 saturated carbocycles. The minimum Gasteiger partial charge on any atom is -0.477 e. The Morgan fingerprint density at radius 2 is 2.41 bits per heavy atom. The molecule has 0 bridgehead atoms. The van der Waals surface area contributed by atoms with Crippen molar-refractivity contribution in [3.63, 3.8) is 0 Å². The van der Waals surface area contributed by atoms with Crippen molar-refractivity contribution < 1.29 is 14.3 Å². The zero-order chi connectivity index (χ0) is 15.4. The van der Waals surface area contributed by atoms with E-state index in [0.29, 0.717) is 37.8 Å². The Kier molecular flexibility index (Phi) is 4.34. The maximum absolute atomic E-state index is 12.9. The summed E-state index contributed by atoms with van der Waals surface area (Å²) in [7, 11) is 0. The molecule has 0 unspecified atom stereocenters. The van der Waals surface area contributed by atoms with Crippen LogP contribution in [0, 0.1) is 0 Å². The number of amides is 1. The monoisotopic (exact) mass is 302 g/mol. The van der Waals surface area contributed by atoms with Crippen LogP contribution in [0.4, 0.5) is 0 Å². The summed E-state index contributed by atoms with van der Waals surface area (Å²) >= 11 is 0. The average molecular weight is 302 g/mol. The lowest BCUT2D eigenvalue weighted by Crippen LogP contribution is -2.43. The van der Waals surface area contributed by atoms with E-state index in [9.17, 15) is 4.79 Å². The van der Waals surface area contributed by atoms with Crippen molar-refractivity contribution in [3.05, 3.63) is 41.9 Å². The van der Waals surface area contributed by atoms with E-state index < -0.39 is 0 Å². The van der Waals surface area contributed by atoms with Crippen LogP contribution in [0.5, 0.6) is 5.88 Å². The number of ether oxygens (including phenoxy) is 2. The van der Waals surface area contributed by atoms with Gasteiger partial charge in [0, 0.05) is 18.9 Å². The van der Waals surface area contributed by atoms with Crippen molar-refractivity contribution in [3.8, 4) is 5.88 Å². The van der Waals surface area contributed by atoms with Crippen molar-refractivity contribution in [1.29, 1.82) is 0 Å². The van der Waals surface area contributed by atoms with Gasteiger partial charge in [0.1, 0.15) is 5.56 Å². The van der Waals surface area contributed by atoms with Gasteiger partial charge >= 0.3 is 0 Å². The van der Waals surface area contributed by atoms with E-state index in [2.05, 4.69) is 15.2 Å². The number of carbonyl (C=O) groups excluding carboxylic acids is 1. The van der Waals surface area contributed by atoms with E-state index in [1.165, 1.54) is 0 Å². The number of nitrogens with one attached hydrogen (secondary N) is 1. The molecule has 2 aromatic rings. The molecule has 1 saturated heterocycles. The van der Waals surface area contributed by atoms with Gasteiger partial charge in [-0.3, -0.25) is 9.89 Å². The molecule has 1 amide bonds. The van der Waals surface area contributed by atoms with Crippen LogP contribution in [0.25, 0.3) is 0 Å². The number of carbonyl (C=O) groups is 1. The molecule has 3 heterocycles. The zero-order valence-electron chi connectivity index (χ0n) is 12.4. The predicted molar refractivity (Wildman–Crippen MR) is 78.6 cm³/mol. The highest BCUT2D eigenvalue weighted by Gasteiger charge is 2.31. The highest BCUT2D eigenvalue weighted by atomic mass is 16.5. The average Bonchev–Trinajstić information content (AvgIpc) is 3.09. The molecule has 1 aliphatic heterocycles. The van der Waals surface area contributed by atoms with Crippen LogP contribution < -0.4 is 4.74 Å². The maximum Gasteiger partial charge on any atom is 0.260 e. The van der Waals surface area contributed by atoms with Crippen molar-refractivity contribution in [2.45, 2.75) is 13.0 Å². The number of pyridine rings is 1. The zero-order valence-corrected chi connectivity index (χ0v) is 12.4. The van der Waals surface area contributed by atoms with Gasteiger partial charge in [0.25, 0.3) is 5.91 Å². The van der Waals surface area contributed by atoms with E-state index in [-0.39, 0.29) is 11.9 Å². The number of aromatic nitrogens is 3. The number of hydrogen-bond acceptors (Lipinski definition) is 5. The molecule has 1 aliphatic rings. The minimum absolute atomic E-state index is 0.112. The molecule has 0 spiro atoms. The Morgan fingerprint density at radius 1 is 1.50 bits per heavy atom. The number of morpholine rings is 1. The van der Waals surface area contributed by atoms with Crippen LogP contribution in [-0.2, 0) is 4.74 Å². The van der Waals surface area contributed by atoms with Gasteiger partial charge in [0.2, 0.25) is 5.88 Å². The van der Waals surface area contributed by atoms with Gasteiger partial charge in [0.05, 0.1) is 31.6 Å².